The van der Waals surface area contributed by atoms with Crippen LogP contribution in [0.25, 0.3) is 0 Å². The average molecular weight is 293 g/mol. The zero-order valence-electron chi connectivity index (χ0n) is 12.8. The Balaban J connectivity index is 2.60. The summed E-state index contributed by atoms with van der Waals surface area (Å²) in [5.74, 6) is 0.117. The highest BCUT2D eigenvalue weighted by Crippen LogP contribution is 2.15. The van der Waals surface area contributed by atoms with E-state index in [1.165, 1.54) is 4.90 Å². The number of carboxylic acids is 1. The Morgan fingerprint density at radius 3 is 2.67 bits per heavy atom. The Morgan fingerprint density at radius 2 is 2.05 bits per heavy atom. The summed E-state index contributed by atoms with van der Waals surface area (Å²) < 4.78 is 5.60. The molecule has 0 fully saturated rings. The van der Waals surface area contributed by atoms with Crippen LogP contribution >= 0.6 is 0 Å². The van der Waals surface area contributed by atoms with E-state index in [9.17, 15) is 9.59 Å². The molecule has 0 spiro atoms. The molecule has 0 aliphatic carbocycles. The van der Waals surface area contributed by atoms with Crippen LogP contribution in [0.2, 0.25) is 0 Å². The van der Waals surface area contributed by atoms with Gasteiger partial charge in [-0.1, -0.05) is 19.9 Å². The van der Waals surface area contributed by atoms with Crippen LogP contribution in [0.1, 0.15) is 37.0 Å². The monoisotopic (exact) mass is 293 g/mol. The number of benzene rings is 1. The van der Waals surface area contributed by atoms with Crippen molar-refractivity contribution in [2.75, 3.05) is 20.2 Å². The molecule has 0 aromatic heterocycles. The summed E-state index contributed by atoms with van der Waals surface area (Å²) in [5.41, 5.74) is 0.550. The van der Waals surface area contributed by atoms with Crippen LogP contribution < -0.4 is 4.74 Å². The number of amides is 1. The fourth-order valence-corrected chi connectivity index (χ4v) is 1.77. The van der Waals surface area contributed by atoms with E-state index in [1.54, 1.807) is 25.2 Å². The van der Waals surface area contributed by atoms with Crippen LogP contribution in [-0.2, 0) is 4.79 Å². The third-order valence-electron chi connectivity index (χ3n) is 2.90. The van der Waals surface area contributed by atoms with Crippen molar-refractivity contribution in [3.63, 3.8) is 0 Å². The Kier molecular flexibility index (Phi) is 6.72. The molecule has 21 heavy (non-hydrogen) atoms. The highest BCUT2D eigenvalue weighted by molar-refractivity contribution is 5.94. The predicted molar refractivity (Wildman–Crippen MR) is 80.6 cm³/mol. The van der Waals surface area contributed by atoms with Crippen LogP contribution in [0.5, 0.6) is 5.75 Å². The van der Waals surface area contributed by atoms with Gasteiger partial charge in [0.05, 0.1) is 6.61 Å². The van der Waals surface area contributed by atoms with Gasteiger partial charge in [0.2, 0.25) is 0 Å². The first-order chi connectivity index (χ1) is 9.90. The second-order valence-corrected chi connectivity index (χ2v) is 5.46. The lowest BCUT2D eigenvalue weighted by atomic mass is 10.2. The molecule has 5 nitrogen and oxygen atoms in total. The van der Waals surface area contributed by atoms with Crippen LogP contribution in [0.15, 0.2) is 24.3 Å². The Hall–Kier alpha value is -2.04. The lowest BCUT2D eigenvalue weighted by molar-refractivity contribution is -0.137. The molecule has 0 saturated carbocycles. The number of aliphatic carboxylic acids is 1. The molecule has 0 aliphatic heterocycles. The maximum absolute atomic E-state index is 12.2. The molecular weight excluding hydrogens is 270 g/mol. The lowest BCUT2D eigenvalue weighted by Crippen LogP contribution is -2.28. The standard InChI is InChI=1S/C16H23NO4/c1-12(2)11-21-14-7-4-6-13(10-14)16(20)17(3)9-5-8-15(18)19/h4,6-7,10,12H,5,8-9,11H2,1-3H3,(H,18,19). The summed E-state index contributed by atoms with van der Waals surface area (Å²) in [6, 6.07) is 7.06. The minimum absolute atomic E-state index is 0.0646. The molecule has 0 radical (unpaired) electrons. The molecule has 0 bridgehead atoms. The summed E-state index contributed by atoms with van der Waals surface area (Å²) in [7, 11) is 1.67. The quantitative estimate of drug-likeness (QED) is 0.800. The van der Waals surface area contributed by atoms with Gasteiger partial charge in [-0.3, -0.25) is 9.59 Å². The second-order valence-electron chi connectivity index (χ2n) is 5.46. The van der Waals surface area contributed by atoms with Crippen molar-refractivity contribution in [2.45, 2.75) is 26.7 Å². The van der Waals surface area contributed by atoms with Gasteiger partial charge >= 0.3 is 5.97 Å². The summed E-state index contributed by atoms with van der Waals surface area (Å²) in [6.07, 6.45) is 0.510. The van der Waals surface area contributed by atoms with Gasteiger partial charge in [-0.2, -0.15) is 0 Å². The lowest BCUT2D eigenvalue weighted by Gasteiger charge is -2.17. The third kappa shape index (κ3) is 6.29. The zero-order chi connectivity index (χ0) is 15.8. The molecule has 1 N–H and O–H groups in total. The van der Waals surface area contributed by atoms with E-state index in [0.29, 0.717) is 36.8 Å². The van der Waals surface area contributed by atoms with Gasteiger partial charge in [0.25, 0.3) is 5.91 Å². The molecule has 5 heteroatoms. The Morgan fingerprint density at radius 1 is 1.33 bits per heavy atom. The van der Waals surface area contributed by atoms with E-state index in [-0.39, 0.29) is 12.3 Å². The number of rotatable bonds is 8. The molecular formula is C16H23NO4. The van der Waals surface area contributed by atoms with Gasteiger partial charge in [0.1, 0.15) is 5.75 Å². The molecule has 1 rings (SSSR count). The first kappa shape index (κ1) is 17.0. The minimum Gasteiger partial charge on any atom is -0.493 e. The highest BCUT2D eigenvalue weighted by atomic mass is 16.5. The van der Waals surface area contributed by atoms with Gasteiger partial charge in [0, 0.05) is 25.6 Å². The van der Waals surface area contributed by atoms with Crippen molar-refractivity contribution < 1.29 is 19.4 Å². The summed E-state index contributed by atoms with van der Waals surface area (Å²) in [4.78, 5) is 24.2. The first-order valence-electron chi connectivity index (χ1n) is 7.10. The molecule has 1 aromatic carbocycles. The van der Waals surface area contributed by atoms with E-state index < -0.39 is 5.97 Å². The number of hydrogen-bond donors (Lipinski definition) is 1. The molecule has 0 saturated heterocycles. The summed E-state index contributed by atoms with van der Waals surface area (Å²) >= 11 is 0. The number of carboxylic acid groups (broad SMARTS) is 1. The van der Waals surface area contributed by atoms with Gasteiger partial charge in [-0.15, -0.1) is 0 Å². The molecule has 0 aliphatic rings. The van der Waals surface area contributed by atoms with Gasteiger partial charge in [-0.05, 0) is 30.5 Å². The molecule has 0 atom stereocenters. The van der Waals surface area contributed by atoms with E-state index in [1.807, 2.05) is 6.07 Å². The summed E-state index contributed by atoms with van der Waals surface area (Å²) in [6.45, 7) is 5.14. The van der Waals surface area contributed by atoms with Gasteiger partial charge in [-0.25, -0.2) is 0 Å². The van der Waals surface area contributed by atoms with Crippen LogP contribution in [0.4, 0.5) is 0 Å². The zero-order valence-corrected chi connectivity index (χ0v) is 12.8. The van der Waals surface area contributed by atoms with E-state index >= 15 is 0 Å². The van der Waals surface area contributed by atoms with E-state index in [2.05, 4.69) is 13.8 Å². The maximum Gasteiger partial charge on any atom is 0.303 e. The van der Waals surface area contributed by atoms with Crippen molar-refractivity contribution in [2.24, 2.45) is 5.92 Å². The summed E-state index contributed by atoms with van der Waals surface area (Å²) in [5, 5.41) is 8.60. The molecule has 0 heterocycles. The fourth-order valence-electron chi connectivity index (χ4n) is 1.77. The van der Waals surface area contributed by atoms with Crippen LogP contribution in [-0.4, -0.2) is 42.1 Å². The minimum atomic E-state index is -0.847. The normalized spacial score (nSPS) is 10.5. The Bertz CT molecular complexity index is 485. The van der Waals surface area contributed by atoms with Gasteiger partial charge < -0.3 is 14.7 Å². The van der Waals surface area contributed by atoms with Crippen molar-refractivity contribution in [3.8, 4) is 5.75 Å². The molecule has 1 aromatic rings. The van der Waals surface area contributed by atoms with E-state index in [0.717, 1.165) is 0 Å². The van der Waals surface area contributed by atoms with Crippen LogP contribution in [0, 0.1) is 5.92 Å². The third-order valence-corrected chi connectivity index (χ3v) is 2.90. The largest absolute Gasteiger partial charge is 0.493 e. The predicted octanol–water partition coefficient (Wildman–Crippen LogP) is 2.66. The van der Waals surface area contributed by atoms with Crippen LogP contribution in [0.3, 0.4) is 0 Å². The maximum atomic E-state index is 12.2. The van der Waals surface area contributed by atoms with E-state index in [4.69, 9.17) is 9.84 Å². The second kappa shape index (κ2) is 8.29. The number of carbonyl (C=O) groups is 2. The van der Waals surface area contributed by atoms with Crippen molar-refractivity contribution in [1.82, 2.24) is 4.90 Å². The number of carbonyl (C=O) groups excluding carboxylic acids is 1. The SMILES string of the molecule is CC(C)COc1cccc(C(=O)N(C)CCCC(=O)O)c1. The average Bonchev–Trinajstić information content (AvgIpc) is 2.44. The first-order valence-corrected chi connectivity index (χ1v) is 7.10. The number of ether oxygens (including phenoxy) is 1. The highest BCUT2D eigenvalue weighted by Gasteiger charge is 2.12. The van der Waals surface area contributed by atoms with Gasteiger partial charge in [0.15, 0.2) is 0 Å². The Labute approximate surface area is 125 Å². The fraction of sp³-hybridized carbons (Fsp3) is 0.500. The molecule has 0 unspecified atom stereocenters. The van der Waals surface area contributed by atoms with Crippen molar-refractivity contribution in [1.29, 1.82) is 0 Å². The number of hydrogen-bond acceptors (Lipinski definition) is 3. The smallest absolute Gasteiger partial charge is 0.303 e. The number of nitrogens with zero attached hydrogens (tertiary/aromatic N) is 1. The van der Waals surface area contributed by atoms with Crippen molar-refractivity contribution >= 4 is 11.9 Å². The van der Waals surface area contributed by atoms with Crippen molar-refractivity contribution in [3.05, 3.63) is 29.8 Å². The molecule has 116 valence electrons. The molecule has 1 amide bonds. The topological polar surface area (TPSA) is 66.8 Å².